The van der Waals surface area contributed by atoms with Crippen molar-refractivity contribution < 1.29 is 24.5 Å². The van der Waals surface area contributed by atoms with Gasteiger partial charge in [0.1, 0.15) is 24.1 Å². The van der Waals surface area contributed by atoms with E-state index in [1.807, 2.05) is 0 Å². The molecule has 4 N–H and O–H groups in total. The van der Waals surface area contributed by atoms with Crippen LogP contribution < -0.4 is 5.73 Å². The molecule has 136 valence electrons. The second kappa shape index (κ2) is 6.88. The van der Waals surface area contributed by atoms with Gasteiger partial charge in [0.05, 0.1) is 19.5 Å². The van der Waals surface area contributed by atoms with Crippen LogP contribution in [0, 0.1) is 0 Å². The fourth-order valence-corrected chi connectivity index (χ4v) is 2.72. The lowest BCUT2D eigenvalue weighted by Gasteiger charge is -2.22. The Morgan fingerprint density at radius 2 is 2.20 bits per heavy atom. The molecule has 0 saturated carbocycles. The topological polar surface area (TPSA) is 149 Å². The number of aliphatic hydroxyl groups excluding tert-OH is 2. The van der Waals surface area contributed by atoms with Gasteiger partial charge in [0, 0.05) is 0 Å². The Labute approximate surface area is 143 Å². The van der Waals surface area contributed by atoms with Gasteiger partial charge >= 0.3 is 5.97 Å². The van der Waals surface area contributed by atoms with Gasteiger partial charge < -0.3 is 25.4 Å². The maximum absolute atomic E-state index is 12.0. The minimum atomic E-state index is -1.20. The lowest BCUT2D eigenvalue weighted by atomic mass is 10.1. The van der Waals surface area contributed by atoms with Gasteiger partial charge in [0.15, 0.2) is 23.8 Å². The van der Waals surface area contributed by atoms with Crippen molar-refractivity contribution in [3.63, 3.8) is 0 Å². The highest BCUT2D eigenvalue weighted by atomic mass is 16.6. The van der Waals surface area contributed by atoms with Crippen LogP contribution in [0.25, 0.3) is 11.2 Å². The minimum absolute atomic E-state index is 0.0412. The highest BCUT2D eigenvalue weighted by Crippen LogP contribution is 2.33. The molecule has 2 aromatic heterocycles. The van der Waals surface area contributed by atoms with Crippen molar-refractivity contribution in [2.75, 3.05) is 33.0 Å². The molecule has 3 heterocycles. The van der Waals surface area contributed by atoms with Gasteiger partial charge in [0.25, 0.3) is 0 Å². The van der Waals surface area contributed by atoms with Gasteiger partial charge in [-0.2, -0.15) is 0 Å². The van der Waals surface area contributed by atoms with E-state index in [1.54, 1.807) is 19.0 Å². The van der Waals surface area contributed by atoms with Crippen molar-refractivity contribution >= 4 is 23.0 Å². The summed E-state index contributed by atoms with van der Waals surface area (Å²) in [4.78, 5) is 25.8. The number of carbonyl (C=O) groups excluding carboxylic acids is 1. The summed E-state index contributed by atoms with van der Waals surface area (Å²) in [5.41, 5.74) is 6.51. The number of hydrogen-bond acceptors (Lipinski definition) is 10. The summed E-state index contributed by atoms with van der Waals surface area (Å²) < 4.78 is 12.6. The third-order valence-corrected chi connectivity index (χ3v) is 3.87. The number of likely N-dealkylation sites (N-methyl/N-ethyl adjacent to an activating group) is 1. The van der Waals surface area contributed by atoms with Crippen LogP contribution in [0.4, 0.5) is 5.82 Å². The molecule has 1 fully saturated rings. The van der Waals surface area contributed by atoms with Crippen molar-refractivity contribution in [2.24, 2.45) is 0 Å². The normalized spacial score (nSPS) is 26.4. The van der Waals surface area contributed by atoms with Gasteiger partial charge in [-0.1, -0.05) is 0 Å². The molecule has 4 atom stereocenters. The van der Waals surface area contributed by atoms with E-state index in [2.05, 4.69) is 15.0 Å². The zero-order valence-corrected chi connectivity index (χ0v) is 13.8. The number of carbonyl (C=O) groups is 1. The summed E-state index contributed by atoms with van der Waals surface area (Å²) in [5, 5.41) is 19.8. The number of nitrogens with two attached hydrogens (primary N) is 1. The van der Waals surface area contributed by atoms with Crippen LogP contribution in [0.3, 0.4) is 0 Å². The van der Waals surface area contributed by atoms with Gasteiger partial charge in [-0.25, -0.2) is 15.0 Å². The molecule has 1 aliphatic rings. The van der Waals surface area contributed by atoms with Gasteiger partial charge in [-0.15, -0.1) is 0 Å². The van der Waals surface area contributed by atoms with E-state index >= 15 is 0 Å². The molecule has 0 aromatic carbocycles. The molecule has 2 aromatic rings. The second-order valence-corrected chi connectivity index (χ2v) is 6.01. The lowest BCUT2D eigenvalue weighted by Crippen LogP contribution is -2.38. The number of imidazole rings is 1. The summed E-state index contributed by atoms with van der Waals surface area (Å²) in [6, 6.07) is 0. The fourth-order valence-electron chi connectivity index (χ4n) is 2.72. The van der Waals surface area contributed by atoms with Gasteiger partial charge in [0.2, 0.25) is 0 Å². The van der Waals surface area contributed by atoms with Gasteiger partial charge in [-0.05, 0) is 14.1 Å². The number of aliphatic hydroxyl groups is 2. The Morgan fingerprint density at radius 1 is 1.44 bits per heavy atom. The number of anilines is 1. The maximum Gasteiger partial charge on any atom is 0.320 e. The van der Waals surface area contributed by atoms with Crippen molar-refractivity contribution in [1.29, 1.82) is 0 Å². The molecule has 0 spiro atoms. The molecule has 25 heavy (non-hydrogen) atoms. The number of nitrogens with zero attached hydrogens (tertiary/aromatic N) is 5. The minimum Gasteiger partial charge on any atom is -0.454 e. The third kappa shape index (κ3) is 3.26. The van der Waals surface area contributed by atoms with E-state index in [0.717, 1.165) is 0 Å². The molecule has 0 bridgehead atoms. The Balaban J connectivity index is 1.93. The van der Waals surface area contributed by atoms with Crippen LogP contribution in [0.5, 0.6) is 0 Å². The molecule has 3 rings (SSSR count). The van der Waals surface area contributed by atoms with Crippen LogP contribution in [0.1, 0.15) is 6.23 Å². The first-order valence-corrected chi connectivity index (χ1v) is 7.64. The van der Waals surface area contributed by atoms with Crippen LogP contribution in [0.2, 0.25) is 0 Å². The predicted molar refractivity (Wildman–Crippen MR) is 85.2 cm³/mol. The Morgan fingerprint density at radius 3 is 2.88 bits per heavy atom. The van der Waals surface area contributed by atoms with Crippen LogP contribution in [0.15, 0.2) is 12.7 Å². The van der Waals surface area contributed by atoms with Crippen molar-refractivity contribution in [3.8, 4) is 0 Å². The molecule has 0 amide bonds. The zero-order chi connectivity index (χ0) is 18.1. The first kappa shape index (κ1) is 17.5. The Bertz CT molecular complexity index is 765. The molecule has 11 nitrogen and oxygen atoms in total. The molecule has 11 heteroatoms. The maximum atomic E-state index is 12.0. The summed E-state index contributed by atoms with van der Waals surface area (Å²) in [6.07, 6.45) is -1.34. The smallest absolute Gasteiger partial charge is 0.320 e. The summed E-state index contributed by atoms with van der Waals surface area (Å²) in [7, 11) is 3.44. The Kier molecular flexibility index (Phi) is 4.81. The predicted octanol–water partition coefficient (Wildman–Crippen LogP) is -1.87. The number of hydrogen-bond donors (Lipinski definition) is 3. The van der Waals surface area contributed by atoms with E-state index in [9.17, 15) is 15.0 Å². The van der Waals surface area contributed by atoms with Crippen LogP contribution >= 0.6 is 0 Å². The average Bonchev–Trinajstić information content (AvgIpc) is 3.10. The van der Waals surface area contributed by atoms with Crippen LogP contribution in [-0.4, -0.2) is 86.2 Å². The molecular formula is C14H20N6O5. The molecule has 1 unspecified atom stereocenters. The summed E-state index contributed by atoms with van der Waals surface area (Å²) in [6.45, 7) is -0.386. The first-order valence-electron chi connectivity index (χ1n) is 7.64. The van der Waals surface area contributed by atoms with E-state index in [-0.39, 0.29) is 12.4 Å². The van der Waals surface area contributed by atoms with E-state index in [4.69, 9.17) is 15.2 Å². The Hall–Kier alpha value is -2.34. The number of nitrogen functional groups attached to an aromatic ring is 1. The SMILES string of the molecule is CN(C)CC(=O)O[C@@H]1C(O)[C@@H](CO)O[C@H]1n1cnc2c(N)ncnc21. The van der Waals surface area contributed by atoms with Crippen molar-refractivity contribution in [2.45, 2.75) is 24.5 Å². The van der Waals surface area contributed by atoms with Crippen molar-refractivity contribution in [1.82, 2.24) is 24.4 Å². The monoisotopic (exact) mass is 352 g/mol. The first-order chi connectivity index (χ1) is 11.9. The number of esters is 1. The standard InChI is InChI=1S/C14H20N6O5/c1-19(2)3-8(22)25-11-10(23)7(4-21)24-14(11)20-6-18-9-12(15)16-5-17-13(9)20/h5-7,10-11,14,21,23H,3-4H2,1-2H3,(H2,15,16,17)/t7-,10?,11-,14-/m1/s1. The third-order valence-electron chi connectivity index (χ3n) is 3.87. The molecular weight excluding hydrogens is 332 g/mol. The quantitative estimate of drug-likeness (QED) is 0.522. The average molecular weight is 352 g/mol. The summed E-state index contributed by atoms with van der Waals surface area (Å²) >= 11 is 0. The second-order valence-electron chi connectivity index (χ2n) is 6.01. The van der Waals surface area contributed by atoms with E-state index < -0.39 is 37.1 Å². The van der Waals surface area contributed by atoms with E-state index in [0.29, 0.717) is 11.2 Å². The van der Waals surface area contributed by atoms with Crippen molar-refractivity contribution in [3.05, 3.63) is 12.7 Å². The van der Waals surface area contributed by atoms with Gasteiger partial charge in [-0.3, -0.25) is 14.3 Å². The number of fused-ring (bicyclic) bond motifs is 1. The summed E-state index contributed by atoms with van der Waals surface area (Å²) in [5.74, 6) is -0.332. The molecule has 0 aliphatic carbocycles. The number of aromatic nitrogens is 4. The molecule has 0 radical (unpaired) electrons. The fraction of sp³-hybridized carbons (Fsp3) is 0.571. The zero-order valence-electron chi connectivity index (χ0n) is 13.8. The lowest BCUT2D eigenvalue weighted by molar-refractivity contribution is -0.159. The highest BCUT2D eigenvalue weighted by Gasteiger charge is 2.47. The van der Waals surface area contributed by atoms with Crippen LogP contribution in [-0.2, 0) is 14.3 Å². The molecule has 1 saturated heterocycles. The highest BCUT2D eigenvalue weighted by molar-refractivity contribution is 5.81. The number of rotatable bonds is 5. The van der Waals surface area contributed by atoms with E-state index in [1.165, 1.54) is 17.2 Å². The molecule has 1 aliphatic heterocycles. The largest absolute Gasteiger partial charge is 0.454 e. The number of ether oxygens (including phenoxy) is 2.